The van der Waals surface area contributed by atoms with Gasteiger partial charge in [-0.05, 0) is 113 Å². The fourth-order valence-corrected chi connectivity index (χ4v) is 6.14. The summed E-state index contributed by atoms with van der Waals surface area (Å²) in [5.74, 6) is 1.61. The monoisotopic (exact) mass is 817 g/mol. The van der Waals surface area contributed by atoms with Crippen molar-refractivity contribution in [1.82, 2.24) is 0 Å². The number of hydrogen-bond acceptors (Lipinski definition) is 4. The Hall–Kier alpha value is -4.35. The van der Waals surface area contributed by atoms with E-state index in [2.05, 4.69) is 58.9 Å². The van der Waals surface area contributed by atoms with E-state index in [-0.39, 0.29) is 11.0 Å². The van der Waals surface area contributed by atoms with Crippen molar-refractivity contribution in [2.24, 2.45) is 0 Å². The standard InChI is InChI=1S/C19H24O3S.C10H14O.2C7H8.5C2H6/c1-13-11-15(7-9-17(13)19(3,4)5)23(20,21)16-8-10-18(22-6)14(2)12-16;1-10(2,3)11-9-7-5-4-6-8-9;2*1-7-5-3-2-4-6-7;5*1-2/h7-12H,1-6H3;4-8H,1-3H3;2*2-6H,1H3;5*1-2H3. The van der Waals surface area contributed by atoms with Crippen molar-refractivity contribution in [3.8, 4) is 11.5 Å². The molecule has 0 amide bonds. The van der Waals surface area contributed by atoms with E-state index in [1.807, 2.05) is 177 Å². The van der Waals surface area contributed by atoms with Gasteiger partial charge < -0.3 is 9.47 Å². The Morgan fingerprint density at radius 1 is 0.448 bits per heavy atom. The zero-order valence-electron chi connectivity index (χ0n) is 40.7. The number of aryl methyl sites for hydroxylation is 4. The number of rotatable bonds is 4. The van der Waals surface area contributed by atoms with Gasteiger partial charge >= 0.3 is 0 Å². The van der Waals surface area contributed by atoms with Gasteiger partial charge in [0.25, 0.3) is 0 Å². The van der Waals surface area contributed by atoms with Crippen LogP contribution in [0.15, 0.2) is 137 Å². The fourth-order valence-electron chi connectivity index (χ4n) is 4.71. The Bertz CT molecular complexity index is 1730. The second kappa shape index (κ2) is 34.7. The van der Waals surface area contributed by atoms with Gasteiger partial charge in [-0.2, -0.15) is 0 Å². The van der Waals surface area contributed by atoms with E-state index in [1.54, 1.807) is 37.4 Å². The lowest BCUT2D eigenvalue weighted by atomic mass is 9.84. The van der Waals surface area contributed by atoms with Gasteiger partial charge in [0.15, 0.2) is 0 Å². The van der Waals surface area contributed by atoms with E-state index in [4.69, 9.17) is 9.47 Å². The van der Waals surface area contributed by atoms with Gasteiger partial charge in [-0.3, -0.25) is 0 Å². The maximum atomic E-state index is 12.9. The molecular weight excluding hydrogens is 733 g/mol. The highest BCUT2D eigenvalue weighted by atomic mass is 32.2. The van der Waals surface area contributed by atoms with Crippen molar-refractivity contribution in [2.45, 2.75) is 159 Å². The van der Waals surface area contributed by atoms with Gasteiger partial charge in [-0.25, -0.2) is 8.42 Å². The van der Waals surface area contributed by atoms with E-state index in [1.165, 1.54) is 11.1 Å². The maximum absolute atomic E-state index is 12.9. The van der Waals surface area contributed by atoms with Crippen LogP contribution >= 0.6 is 0 Å². The van der Waals surface area contributed by atoms with Crippen LogP contribution in [-0.4, -0.2) is 21.1 Å². The molecule has 58 heavy (non-hydrogen) atoms. The third-order valence-corrected chi connectivity index (χ3v) is 8.79. The highest BCUT2D eigenvalue weighted by Gasteiger charge is 2.22. The van der Waals surface area contributed by atoms with Gasteiger partial charge in [-0.1, -0.05) is 186 Å². The van der Waals surface area contributed by atoms with E-state index >= 15 is 0 Å². The summed E-state index contributed by atoms with van der Waals surface area (Å²) in [7, 11) is -1.95. The zero-order valence-corrected chi connectivity index (χ0v) is 41.5. The van der Waals surface area contributed by atoms with Crippen LogP contribution in [-0.2, 0) is 15.3 Å². The molecule has 0 aliphatic rings. The van der Waals surface area contributed by atoms with Crippen molar-refractivity contribution < 1.29 is 17.9 Å². The predicted molar refractivity (Wildman–Crippen MR) is 259 cm³/mol. The molecule has 5 heteroatoms. The molecule has 0 bridgehead atoms. The van der Waals surface area contributed by atoms with Crippen molar-refractivity contribution in [3.05, 3.63) is 155 Å². The number of ether oxygens (including phenoxy) is 2. The van der Waals surface area contributed by atoms with Gasteiger partial charge in [0, 0.05) is 0 Å². The molecular formula is C53H84O4S. The van der Waals surface area contributed by atoms with Crippen molar-refractivity contribution in [2.75, 3.05) is 7.11 Å². The largest absolute Gasteiger partial charge is 0.496 e. The van der Waals surface area contributed by atoms with E-state index in [0.717, 1.165) is 22.4 Å². The molecule has 0 aliphatic carbocycles. The molecule has 0 heterocycles. The number of para-hydroxylation sites is 1. The van der Waals surface area contributed by atoms with Crippen LogP contribution in [0.4, 0.5) is 0 Å². The minimum atomic E-state index is -3.53. The Kier molecular flexibility index (Phi) is 36.1. The lowest BCUT2D eigenvalue weighted by Crippen LogP contribution is -2.22. The Morgan fingerprint density at radius 2 is 0.793 bits per heavy atom. The first-order valence-electron chi connectivity index (χ1n) is 21.2. The fraction of sp³-hybridized carbons (Fsp3) is 0.434. The van der Waals surface area contributed by atoms with Crippen LogP contribution in [0.5, 0.6) is 11.5 Å². The summed E-state index contributed by atoms with van der Waals surface area (Å²) < 4.78 is 36.5. The van der Waals surface area contributed by atoms with Gasteiger partial charge in [0.1, 0.15) is 17.1 Å². The highest BCUT2D eigenvalue weighted by Crippen LogP contribution is 2.31. The summed E-state index contributed by atoms with van der Waals surface area (Å²) in [5, 5.41) is 0. The van der Waals surface area contributed by atoms with E-state index < -0.39 is 9.84 Å². The molecule has 0 unspecified atom stereocenters. The minimum absolute atomic E-state index is 0.0108. The molecule has 326 valence electrons. The number of methoxy groups -OCH3 is 1. The molecule has 0 spiro atoms. The van der Waals surface area contributed by atoms with Crippen LogP contribution in [0.2, 0.25) is 0 Å². The lowest BCUT2D eigenvalue weighted by molar-refractivity contribution is 0.131. The summed E-state index contributed by atoms with van der Waals surface area (Å²) in [6, 6.07) is 40.7. The maximum Gasteiger partial charge on any atom is 0.206 e. The molecule has 4 nitrogen and oxygen atoms in total. The lowest BCUT2D eigenvalue weighted by Gasteiger charge is -2.22. The first-order valence-corrected chi connectivity index (χ1v) is 22.7. The third kappa shape index (κ3) is 26.5. The number of sulfone groups is 1. The van der Waals surface area contributed by atoms with Crippen molar-refractivity contribution in [3.63, 3.8) is 0 Å². The average molecular weight is 817 g/mol. The normalized spacial score (nSPS) is 9.60. The summed E-state index contributed by atoms with van der Waals surface area (Å²) >= 11 is 0. The Morgan fingerprint density at radius 3 is 1.07 bits per heavy atom. The number of hydrogen-bond donors (Lipinski definition) is 0. The molecule has 0 fully saturated rings. The number of benzene rings is 5. The van der Waals surface area contributed by atoms with E-state index in [9.17, 15) is 8.42 Å². The minimum Gasteiger partial charge on any atom is -0.496 e. The summed E-state index contributed by atoms with van der Waals surface area (Å²) in [6.45, 7) is 40.5. The Labute approximate surface area is 359 Å². The van der Waals surface area contributed by atoms with Crippen molar-refractivity contribution in [1.29, 1.82) is 0 Å². The van der Waals surface area contributed by atoms with Crippen LogP contribution in [0.1, 0.15) is 139 Å². The predicted octanol–water partition coefficient (Wildman–Crippen LogP) is 16.4. The molecule has 5 aromatic rings. The molecule has 5 rings (SSSR count). The van der Waals surface area contributed by atoms with Gasteiger partial charge in [0.05, 0.1) is 16.9 Å². The SMILES string of the molecule is CC.CC.CC.CC.CC.CC(C)(C)Oc1ccccc1.COc1ccc(S(=O)(=O)c2ccc(C(C)(C)C)c(C)c2)cc1C.Cc1ccccc1.Cc1ccccc1. The molecule has 5 aromatic carbocycles. The highest BCUT2D eigenvalue weighted by molar-refractivity contribution is 7.91. The van der Waals surface area contributed by atoms with E-state index in [0.29, 0.717) is 15.5 Å². The first-order chi connectivity index (χ1) is 27.4. The molecule has 0 aliphatic heterocycles. The molecule has 0 N–H and O–H groups in total. The molecule has 0 aromatic heterocycles. The summed E-state index contributed by atoms with van der Waals surface area (Å²) in [6.07, 6.45) is 0. The second-order valence-electron chi connectivity index (χ2n) is 13.7. The molecule has 0 saturated heterocycles. The van der Waals surface area contributed by atoms with Gasteiger partial charge in [0.2, 0.25) is 9.84 Å². The summed E-state index contributed by atoms with van der Waals surface area (Å²) in [4.78, 5) is 0.617. The average Bonchev–Trinajstić information content (AvgIpc) is 3.22. The van der Waals surface area contributed by atoms with Crippen LogP contribution in [0.25, 0.3) is 0 Å². The zero-order chi connectivity index (χ0) is 46.0. The third-order valence-electron chi connectivity index (χ3n) is 7.04. The van der Waals surface area contributed by atoms with Gasteiger partial charge in [-0.15, -0.1) is 0 Å². The first kappa shape index (κ1) is 60.3. The van der Waals surface area contributed by atoms with Crippen LogP contribution in [0, 0.1) is 27.7 Å². The van der Waals surface area contributed by atoms with Crippen LogP contribution < -0.4 is 9.47 Å². The Balaban J connectivity index is -0.000000347. The second-order valence-corrected chi connectivity index (χ2v) is 15.6. The van der Waals surface area contributed by atoms with Crippen LogP contribution in [0.3, 0.4) is 0 Å². The quantitative estimate of drug-likeness (QED) is 0.181. The molecule has 0 atom stereocenters. The molecule has 0 saturated carbocycles. The smallest absolute Gasteiger partial charge is 0.206 e. The molecule has 0 radical (unpaired) electrons. The van der Waals surface area contributed by atoms with Crippen molar-refractivity contribution >= 4 is 9.84 Å². The topological polar surface area (TPSA) is 52.6 Å². The summed E-state index contributed by atoms with van der Waals surface area (Å²) in [5.41, 5.74) is 5.48.